The van der Waals surface area contributed by atoms with E-state index in [1.54, 1.807) is 35.7 Å². The maximum atomic E-state index is 12.7. The summed E-state index contributed by atoms with van der Waals surface area (Å²) in [6.45, 7) is 13.6. The molecule has 0 aliphatic carbocycles. The quantitative estimate of drug-likeness (QED) is 0.111. The van der Waals surface area contributed by atoms with Gasteiger partial charge >= 0.3 is 0 Å². The number of aryl methyl sites for hydroxylation is 1. The number of anilines is 1. The van der Waals surface area contributed by atoms with Gasteiger partial charge in [-0.2, -0.15) is 0 Å². The van der Waals surface area contributed by atoms with Crippen molar-refractivity contribution in [1.82, 2.24) is 10.3 Å². The Balaban J connectivity index is 1.36. The van der Waals surface area contributed by atoms with Crippen LogP contribution in [0.5, 0.6) is 0 Å². The molecule has 2 heterocycles. The van der Waals surface area contributed by atoms with Gasteiger partial charge in [0.15, 0.2) is 0 Å². The van der Waals surface area contributed by atoms with Crippen LogP contribution in [0.2, 0.25) is 5.04 Å². The number of hydrogen-bond donors (Lipinski definition) is 2. The molecule has 6 nitrogen and oxygen atoms in total. The summed E-state index contributed by atoms with van der Waals surface area (Å²) in [6.07, 6.45) is 4.82. The van der Waals surface area contributed by atoms with E-state index in [1.165, 1.54) is 40.1 Å². The number of benzene rings is 3. The predicted octanol–water partition coefficient (Wildman–Crippen LogP) is 7.79. The van der Waals surface area contributed by atoms with Crippen molar-refractivity contribution in [3.63, 3.8) is 0 Å². The Hall–Kier alpha value is -4.63. The number of nitrogens with one attached hydrogen (secondary N) is 2. The summed E-state index contributed by atoms with van der Waals surface area (Å²) in [7, 11) is -2.71. The molecule has 0 aliphatic heterocycles. The van der Waals surface area contributed by atoms with E-state index >= 15 is 0 Å². The third kappa shape index (κ3) is 7.73. The van der Waals surface area contributed by atoms with Gasteiger partial charge in [0.05, 0.1) is 13.2 Å². The molecule has 2 N–H and O–H groups in total. The van der Waals surface area contributed by atoms with E-state index in [-0.39, 0.29) is 16.9 Å². The van der Waals surface area contributed by atoms with E-state index in [0.29, 0.717) is 19.0 Å². The fourth-order valence-corrected chi connectivity index (χ4v) is 11.6. The second-order valence-corrected chi connectivity index (χ2v) is 18.3. The van der Waals surface area contributed by atoms with Crippen LogP contribution in [0, 0.1) is 13.8 Å². The molecule has 2 aromatic heterocycles. The van der Waals surface area contributed by atoms with Gasteiger partial charge in [0.2, 0.25) is 11.8 Å². The number of carbonyl (C=O) groups is 2. The lowest BCUT2D eigenvalue weighted by Crippen LogP contribution is -2.66. The molecule has 8 heteroatoms. The standard InChI is InChI=1S/C40H43N3O3SSi/c1-28-17-20-34(35-23-24-47-37(35)26-42-39(45)22-19-31-18-21-38(41-25-31)43-30(3)44)29(2)36(28)27-46-48(40(4,5)6,32-13-9-7-10-14-32)33-15-11-8-12-16-33/h7-25H,26-27H2,1-6H3,(H,42,45)(H,41,43,44). The largest absolute Gasteiger partial charge is 0.403 e. The summed E-state index contributed by atoms with van der Waals surface area (Å²) in [6, 6.07) is 31.5. The molecule has 0 bridgehead atoms. The summed E-state index contributed by atoms with van der Waals surface area (Å²) in [4.78, 5) is 29.3. The molecule has 48 heavy (non-hydrogen) atoms. The van der Waals surface area contributed by atoms with Crippen molar-refractivity contribution in [2.45, 2.75) is 59.7 Å². The van der Waals surface area contributed by atoms with Crippen LogP contribution in [0.4, 0.5) is 5.82 Å². The molecular formula is C40H43N3O3SSi. The van der Waals surface area contributed by atoms with Crippen LogP contribution >= 0.6 is 11.3 Å². The Kier molecular flexibility index (Phi) is 10.9. The van der Waals surface area contributed by atoms with Crippen molar-refractivity contribution in [2.75, 3.05) is 5.32 Å². The highest BCUT2D eigenvalue weighted by Crippen LogP contribution is 2.39. The number of rotatable bonds is 11. The summed E-state index contributed by atoms with van der Waals surface area (Å²) in [5.74, 6) is 0.0950. The summed E-state index contributed by atoms with van der Waals surface area (Å²) >= 11 is 1.63. The first-order valence-electron chi connectivity index (χ1n) is 16.1. The van der Waals surface area contributed by atoms with Crippen molar-refractivity contribution < 1.29 is 14.0 Å². The molecule has 2 amide bonds. The fourth-order valence-electron chi connectivity index (χ4n) is 6.22. The first kappa shape index (κ1) is 34.7. The molecule has 0 spiro atoms. The highest BCUT2D eigenvalue weighted by Gasteiger charge is 2.50. The van der Waals surface area contributed by atoms with Gasteiger partial charge in [0.25, 0.3) is 8.32 Å². The van der Waals surface area contributed by atoms with Crippen LogP contribution in [-0.4, -0.2) is 25.1 Å². The van der Waals surface area contributed by atoms with E-state index in [2.05, 4.69) is 134 Å². The molecule has 0 unspecified atom stereocenters. The van der Waals surface area contributed by atoms with Crippen LogP contribution in [0.1, 0.15) is 54.8 Å². The van der Waals surface area contributed by atoms with E-state index in [9.17, 15) is 9.59 Å². The smallest absolute Gasteiger partial charge is 0.261 e. The molecule has 0 atom stereocenters. The predicted molar refractivity (Wildman–Crippen MR) is 201 cm³/mol. The maximum Gasteiger partial charge on any atom is 0.261 e. The zero-order valence-corrected chi connectivity index (χ0v) is 30.3. The minimum absolute atomic E-state index is 0.116. The molecular weight excluding hydrogens is 631 g/mol. The van der Waals surface area contributed by atoms with Crippen LogP contribution in [0.15, 0.2) is 109 Å². The lowest BCUT2D eigenvalue weighted by molar-refractivity contribution is -0.116. The Morgan fingerprint density at radius 2 is 1.54 bits per heavy atom. The fraction of sp³-hybridized carbons (Fsp3) is 0.225. The van der Waals surface area contributed by atoms with Gasteiger partial charge in [-0.25, -0.2) is 4.98 Å². The average Bonchev–Trinajstić information content (AvgIpc) is 3.53. The van der Waals surface area contributed by atoms with E-state index in [1.807, 2.05) is 0 Å². The average molecular weight is 674 g/mol. The van der Waals surface area contributed by atoms with Crippen molar-refractivity contribution in [3.05, 3.63) is 136 Å². The van der Waals surface area contributed by atoms with Gasteiger partial charge in [0.1, 0.15) is 5.82 Å². The molecule has 0 saturated carbocycles. The van der Waals surface area contributed by atoms with E-state index in [4.69, 9.17) is 4.43 Å². The Morgan fingerprint density at radius 3 is 2.12 bits per heavy atom. The zero-order chi connectivity index (χ0) is 34.3. The lowest BCUT2D eigenvalue weighted by atomic mass is 9.94. The summed E-state index contributed by atoms with van der Waals surface area (Å²) < 4.78 is 7.34. The Labute approximate surface area is 289 Å². The minimum atomic E-state index is -2.71. The monoisotopic (exact) mass is 673 g/mol. The number of carbonyl (C=O) groups excluding carboxylic acids is 2. The summed E-state index contributed by atoms with van der Waals surface area (Å²) in [5, 5.41) is 10.2. The Morgan fingerprint density at radius 1 is 0.875 bits per heavy atom. The number of nitrogens with zero attached hydrogens (tertiary/aromatic N) is 1. The van der Waals surface area contributed by atoms with Crippen LogP contribution in [-0.2, 0) is 27.2 Å². The molecule has 3 aromatic carbocycles. The maximum absolute atomic E-state index is 12.7. The first-order valence-corrected chi connectivity index (χ1v) is 18.9. The minimum Gasteiger partial charge on any atom is -0.403 e. The van der Waals surface area contributed by atoms with Crippen LogP contribution < -0.4 is 21.0 Å². The molecule has 5 rings (SSSR count). The van der Waals surface area contributed by atoms with Crippen molar-refractivity contribution >= 4 is 53.7 Å². The highest BCUT2D eigenvalue weighted by atomic mass is 32.1. The number of hydrogen-bond acceptors (Lipinski definition) is 5. The SMILES string of the molecule is CC(=O)Nc1ccc(C=CC(=O)NCc2sccc2-c2ccc(C)c(CO[Si](c3ccccc3)(c3ccccc3)C(C)(C)C)c2C)cn1. The van der Waals surface area contributed by atoms with Crippen LogP contribution in [0.3, 0.4) is 0 Å². The molecule has 0 radical (unpaired) electrons. The molecule has 0 saturated heterocycles. The van der Waals surface area contributed by atoms with Gasteiger partial charge in [-0.15, -0.1) is 11.3 Å². The van der Waals surface area contributed by atoms with E-state index < -0.39 is 8.32 Å². The number of aromatic nitrogens is 1. The third-order valence-electron chi connectivity index (χ3n) is 8.66. The topological polar surface area (TPSA) is 80.3 Å². The second-order valence-electron chi connectivity index (χ2n) is 13.0. The first-order chi connectivity index (χ1) is 23.0. The third-order valence-corrected chi connectivity index (χ3v) is 14.6. The van der Waals surface area contributed by atoms with Crippen molar-refractivity contribution in [1.29, 1.82) is 0 Å². The molecule has 246 valence electrons. The van der Waals surface area contributed by atoms with E-state index in [0.717, 1.165) is 21.6 Å². The van der Waals surface area contributed by atoms with Gasteiger partial charge < -0.3 is 15.1 Å². The molecule has 5 aromatic rings. The normalized spacial score (nSPS) is 11.9. The van der Waals surface area contributed by atoms with Gasteiger partial charge in [0, 0.05) is 24.1 Å². The molecule has 0 aliphatic rings. The Bertz CT molecular complexity index is 1860. The lowest BCUT2D eigenvalue weighted by Gasteiger charge is -2.43. The van der Waals surface area contributed by atoms with Gasteiger partial charge in [-0.1, -0.05) is 93.6 Å². The van der Waals surface area contributed by atoms with Crippen molar-refractivity contribution in [2.24, 2.45) is 0 Å². The number of pyridine rings is 1. The molecule has 0 fully saturated rings. The van der Waals surface area contributed by atoms with Gasteiger partial charge in [-0.3, -0.25) is 9.59 Å². The highest BCUT2D eigenvalue weighted by molar-refractivity contribution is 7.10. The zero-order valence-electron chi connectivity index (χ0n) is 28.5. The number of amides is 2. The van der Waals surface area contributed by atoms with Crippen molar-refractivity contribution in [3.8, 4) is 11.1 Å². The second kappa shape index (κ2) is 15.1. The van der Waals surface area contributed by atoms with Gasteiger partial charge in [-0.05, 0) is 92.3 Å². The summed E-state index contributed by atoms with van der Waals surface area (Å²) in [5.41, 5.74) is 6.61. The van der Waals surface area contributed by atoms with Crippen LogP contribution in [0.25, 0.3) is 17.2 Å². The number of thiophene rings is 1.